The second-order valence-corrected chi connectivity index (χ2v) is 2.39. The third-order valence-electron chi connectivity index (χ3n) is 1.23. The predicted octanol–water partition coefficient (Wildman–Crippen LogP) is 2.05. The highest BCUT2D eigenvalue weighted by atomic mass is 35.5. The van der Waals surface area contributed by atoms with Crippen LogP contribution in [-0.2, 0) is 0 Å². The van der Waals surface area contributed by atoms with Gasteiger partial charge in [0, 0.05) is 5.02 Å². The number of rotatable bonds is 1. The smallest absolute Gasteiger partial charge is 0.106 e. The molecule has 52 valence electrons. The number of halogens is 1. The van der Waals surface area contributed by atoms with Crippen molar-refractivity contribution >= 4 is 11.6 Å². The zero-order valence-electron chi connectivity index (χ0n) is 5.04. The highest BCUT2D eigenvalue weighted by molar-refractivity contribution is 6.30. The summed E-state index contributed by atoms with van der Waals surface area (Å²) < 4.78 is 4.67. The summed E-state index contributed by atoms with van der Waals surface area (Å²) in [4.78, 5) is 1.52. The average Bonchev–Trinajstić information content (AvgIpc) is 2.68. The van der Waals surface area contributed by atoms with Crippen molar-refractivity contribution < 1.29 is 4.63 Å². The Labute approximate surface area is 62.1 Å². The first-order chi connectivity index (χ1) is 4.86. The summed E-state index contributed by atoms with van der Waals surface area (Å²) in [6, 6.07) is 7.38. The number of hydrogen-bond acceptors (Lipinski definition) is 1. The van der Waals surface area contributed by atoms with E-state index in [1.54, 1.807) is 0 Å². The van der Waals surface area contributed by atoms with Gasteiger partial charge in [0.2, 0.25) is 0 Å². The minimum absolute atomic E-state index is 0.704. The summed E-state index contributed by atoms with van der Waals surface area (Å²) in [5.41, 5.74) is 0.910. The first-order valence-electron chi connectivity index (χ1n) is 2.84. The van der Waals surface area contributed by atoms with Crippen molar-refractivity contribution in [2.24, 2.45) is 0 Å². The molecule has 4 heteroatoms. The van der Waals surface area contributed by atoms with Crippen LogP contribution in [0.4, 0.5) is 0 Å². The molecule has 2 rings (SSSR count). The third-order valence-corrected chi connectivity index (χ3v) is 1.46. The lowest BCUT2D eigenvalue weighted by molar-refractivity contribution is 0.501. The fraction of sp³-hybridized carbons (Fsp3) is 0. The molecule has 0 bridgehead atoms. The summed E-state index contributed by atoms with van der Waals surface area (Å²) in [5.74, 6) is 0. The molecule has 0 radical (unpaired) electrons. The zero-order chi connectivity index (χ0) is 6.97. The average molecular weight is 157 g/mol. The minimum atomic E-state index is 0.704. The van der Waals surface area contributed by atoms with Crippen molar-refractivity contribution in [3.63, 3.8) is 0 Å². The summed E-state index contributed by atoms with van der Waals surface area (Å²) in [6.45, 7) is 0. The van der Waals surface area contributed by atoms with Gasteiger partial charge in [-0.2, -0.15) is 0 Å². The maximum atomic E-state index is 5.71. The van der Waals surface area contributed by atoms with Crippen LogP contribution in [0.2, 0.25) is 5.02 Å². The highest BCUT2D eigenvalue weighted by Gasteiger charge is 2.00. The van der Waals surface area contributed by atoms with Crippen LogP contribution in [0.1, 0.15) is 0 Å². The number of hydrogen-bond donors (Lipinski definition) is 1. The van der Waals surface area contributed by atoms with Crippen molar-refractivity contribution in [2.45, 2.75) is 0 Å². The number of benzene rings is 1. The minimum Gasteiger partial charge on any atom is -0.252 e. The van der Waals surface area contributed by atoms with Crippen LogP contribution in [0.25, 0.3) is 5.69 Å². The zero-order valence-corrected chi connectivity index (χ0v) is 5.80. The molecule has 1 aromatic carbocycles. The van der Waals surface area contributed by atoms with E-state index in [1.807, 2.05) is 24.3 Å². The molecule has 10 heavy (non-hydrogen) atoms. The molecular weight excluding hydrogens is 152 g/mol. The van der Waals surface area contributed by atoms with Crippen LogP contribution in [0.5, 0.6) is 0 Å². The second kappa shape index (κ2) is 1.95. The Morgan fingerprint density at radius 1 is 1.50 bits per heavy atom. The van der Waals surface area contributed by atoms with Crippen molar-refractivity contribution in [2.75, 3.05) is 0 Å². The number of nitrogens with zero attached hydrogens (tertiary/aromatic N) is 1. The summed E-state index contributed by atoms with van der Waals surface area (Å²) in [7, 11) is 0. The lowest BCUT2D eigenvalue weighted by atomic mass is 10.3. The third kappa shape index (κ3) is 0.953. The second-order valence-electron chi connectivity index (χ2n) is 1.96. The molecule has 1 heterocycles. The Bertz CT molecular complexity index is 311. The van der Waals surface area contributed by atoms with Gasteiger partial charge in [-0.05, 0) is 18.2 Å². The van der Waals surface area contributed by atoms with E-state index in [0.29, 0.717) is 5.02 Å². The Kier molecular flexibility index (Phi) is 1.11. The molecule has 0 saturated heterocycles. The van der Waals surface area contributed by atoms with Crippen LogP contribution >= 0.6 is 11.6 Å². The van der Waals surface area contributed by atoms with Gasteiger partial charge in [0.15, 0.2) is 0 Å². The van der Waals surface area contributed by atoms with E-state index in [-0.39, 0.29) is 0 Å². The molecule has 0 atom stereocenters. The molecule has 1 aromatic heterocycles. The molecule has 0 amide bonds. The van der Waals surface area contributed by atoms with Crippen LogP contribution in [-0.4, -0.2) is 10.1 Å². The van der Waals surface area contributed by atoms with Gasteiger partial charge in [-0.15, -0.1) is 0 Å². The quantitative estimate of drug-likeness (QED) is 0.674. The Hall–Kier alpha value is -1.09. The lowest BCUT2D eigenvalue weighted by Crippen LogP contribution is -1.79. The number of nitrogens with one attached hydrogen (secondary N) is 1. The monoisotopic (exact) mass is 156 g/mol. The molecule has 0 aliphatic carbocycles. The van der Waals surface area contributed by atoms with E-state index in [4.69, 9.17) is 11.6 Å². The topological polar surface area (TPSA) is 33.9 Å². The summed E-state index contributed by atoms with van der Waals surface area (Å²) in [5, 5.41) is 3.26. The molecule has 0 spiro atoms. The lowest BCUT2D eigenvalue weighted by Gasteiger charge is -1.89. The van der Waals surface area contributed by atoms with Crippen molar-refractivity contribution in [3.8, 4) is 5.69 Å². The molecule has 1 N–H and O–H groups in total. The molecule has 0 saturated carbocycles. The van der Waals surface area contributed by atoms with E-state index < -0.39 is 0 Å². The van der Waals surface area contributed by atoms with E-state index in [9.17, 15) is 0 Å². The first-order valence-corrected chi connectivity index (χ1v) is 3.22. The fourth-order valence-electron chi connectivity index (χ4n) is 0.728. The molecule has 0 aliphatic heterocycles. The van der Waals surface area contributed by atoms with E-state index in [2.05, 4.69) is 9.90 Å². The summed E-state index contributed by atoms with van der Waals surface area (Å²) in [6.07, 6.45) is 0. The van der Waals surface area contributed by atoms with Crippen LogP contribution < -0.4 is 0 Å². The van der Waals surface area contributed by atoms with Gasteiger partial charge in [0.25, 0.3) is 0 Å². The Morgan fingerprint density at radius 2 is 2.30 bits per heavy atom. The highest BCUT2D eigenvalue weighted by Crippen LogP contribution is 2.14. The fourth-order valence-corrected chi connectivity index (χ4v) is 0.913. The van der Waals surface area contributed by atoms with E-state index >= 15 is 0 Å². The van der Waals surface area contributed by atoms with E-state index in [1.165, 1.54) is 4.85 Å². The molecule has 3 nitrogen and oxygen atoms in total. The number of H-pyrrole nitrogens is 1. The van der Waals surface area contributed by atoms with Crippen molar-refractivity contribution in [1.82, 2.24) is 10.1 Å². The SMILES string of the molecule is Clc1cccc(-n2[nH]o2)c1. The number of aromatic nitrogens is 2. The maximum Gasteiger partial charge on any atom is 0.106 e. The van der Waals surface area contributed by atoms with E-state index in [0.717, 1.165) is 5.69 Å². The molecular formula is C6H5ClN2O. The van der Waals surface area contributed by atoms with Gasteiger partial charge in [-0.1, -0.05) is 27.8 Å². The maximum absolute atomic E-state index is 5.71. The van der Waals surface area contributed by atoms with Gasteiger partial charge in [-0.25, -0.2) is 0 Å². The Balaban J connectivity index is 2.46. The Morgan fingerprint density at radius 3 is 2.90 bits per heavy atom. The van der Waals surface area contributed by atoms with Gasteiger partial charge < -0.3 is 0 Å². The normalized spacial score (nSPS) is 10.5. The first kappa shape index (κ1) is 5.68. The predicted molar refractivity (Wildman–Crippen MR) is 37.4 cm³/mol. The standard InChI is InChI=1S/C6H5ClN2O/c7-5-2-1-3-6(4-5)9-8-10-9/h1-4,8H. The van der Waals surface area contributed by atoms with Gasteiger partial charge in [-0.3, -0.25) is 4.63 Å². The molecule has 2 aromatic rings. The van der Waals surface area contributed by atoms with Crippen LogP contribution in [0, 0.1) is 0 Å². The van der Waals surface area contributed by atoms with Crippen LogP contribution in [0.15, 0.2) is 28.9 Å². The molecule has 0 aliphatic rings. The molecule has 0 unspecified atom stereocenters. The summed E-state index contributed by atoms with van der Waals surface area (Å²) >= 11 is 5.71. The van der Waals surface area contributed by atoms with Gasteiger partial charge in [0.1, 0.15) is 5.69 Å². The molecule has 0 fully saturated rings. The van der Waals surface area contributed by atoms with Gasteiger partial charge >= 0.3 is 0 Å². The van der Waals surface area contributed by atoms with Gasteiger partial charge in [0.05, 0.1) is 0 Å². The van der Waals surface area contributed by atoms with Crippen molar-refractivity contribution in [1.29, 1.82) is 0 Å². The van der Waals surface area contributed by atoms with Crippen molar-refractivity contribution in [3.05, 3.63) is 29.3 Å². The van der Waals surface area contributed by atoms with Crippen LogP contribution in [0.3, 0.4) is 0 Å². The number of aromatic amines is 1. The largest absolute Gasteiger partial charge is 0.252 e.